The van der Waals surface area contributed by atoms with E-state index in [1.54, 1.807) is 42.6 Å². The standard InChI is InChI=1S/C16H19N3O2S/c20-22(21,15-7-3-1-4-8-15)18-14-9-10-16(17-13-14)19-11-5-2-6-12-19/h1,3-4,7-10,13,18H,2,5-6,11-12H2. The van der Waals surface area contributed by atoms with E-state index in [0.717, 1.165) is 18.9 Å². The molecule has 1 aliphatic rings. The fourth-order valence-corrected chi connectivity index (χ4v) is 3.63. The van der Waals surface area contributed by atoms with E-state index in [1.165, 1.54) is 19.3 Å². The first-order chi connectivity index (χ1) is 10.6. The lowest BCUT2D eigenvalue weighted by molar-refractivity contribution is 0.573. The second-order valence-corrected chi connectivity index (χ2v) is 7.05. The molecule has 1 N–H and O–H groups in total. The Balaban J connectivity index is 1.73. The average Bonchev–Trinajstić information content (AvgIpc) is 2.57. The summed E-state index contributed by atoms with van der Waals surface area (Å²) in [5, 5.41) is 0. The van der Waals surface area contributed by atoms with Crippen molar-refractivity contribution in [3.05, 3.63) is 48.7 Å². The average molecular weight is 317 g/mol. The first-order valence-corrected chi connectivity index (χ1v) is 8.92. The number of sulfonamides is 1. The summed E-state index contributed by atoms with van der Waals surface area (Å²) in [5.41, 5.74) is 0.476. The summed E-state index contributed by atoms with van der Waals surface area (Å²) < 4.78 is 27.0. The lowest BCUT2D eigenvalue weighted by Gasteiger charge is -2.27. The Morgan fingerprint density at radius 2 is 1.68 bits per heavy atom. The molecule has 0 saturated carbocycles. The van der Waals surface area contributed by atoms with Crippen molar-refractivity contribution < 1.29 is 8.42 Å². The summed E-state index contributed by atoms with van der Waals surface area (Å²) in [4.78, 5) is 6.86. The maximum atomic E-state index is 12.2. The summed E-state index contributed by atoms with van der Waals surface area (Å²) in [7, 11) is -3.55. The van der Waals surface area contributed by atoms with E-state index in [-0.39, 0.29) is 4.90 Å². The molecule has 0 aliphatic carbocycles. The van der Waals surface area contributed by atoms with Crippen molar-refractivity contribution >= 4 is 21.5 Å². The predicted octanol–water partition coefficient (Wildman–Crippen LogP) is 2.87. The molecular weight excluding hydrogens is 298 g/mol. The zero-order valence-corrected chi connectivity index (χ0v) is 13.1. The smallest absolute Gasteiger partial charge is 0.261 e. The Morgan fingerprint density at radius 1 is 0.955 bits per heavy atom. The fourth-order valence-electron chi connectivity index (χ4n) is 2.57. The number of anilines is 2. The lowest BCUT2D eigenvalue weighted by atomic mass is 10.1. The van der Waals surface area contributed by atoms with Crippen LogP contribution >= 0.6 is 0 Å². The number of pyridine rings is 1. The van der Waals surface area contributed by atoms with Crippen molar-refractivity contribution in [1.29, 1.82) is 0 Å². The van der Waals surface area contributed by atoms with Gasteiger partial charge in [0, 0.05) is 13.1 Å². The highest BCUT2D eigenvalue weighted by Gasteiger charge is 2.15. The van der Waals surface area contributed by atoms with E-state index in [0.29, 0.717) is 5.69 Å². The van der Waals surface area contributed by atoms with Crippen LogP contribution in [0.1, 0.15) is 19.3 Å². The SMILES string of the molecule is O=S(=O)(Nc1ccc(N2CCCCC2)nc1)c1ccccc1. The van der Waals surface area contributed by atoms with E-state index < -0.39 is 10.0 Å². The van der Waals surface area contributed by atoms with Crippen molar-refractivity contribution in [2.24, 2.45) is 0 Å². The van der Waals surface area contributed by atoms with Crippen molar-refractivity contribution in [3.63, 3.8) is 0 Å². The highest BCUT2D eigenvalue weighted by Crippen LogP contribution is 2.20. The molecule has 0 atom stereocenters. The largest absolute Gasteiger partial charge is 0.357 e. The number of piperidine rings is 1. The maximum absolute atomic E-state index is 12.2. The van der Waals surface area contributed by atoms with Gasteiger partial charge in [0.2, 0.25) is 0 Å². The highest BCUT2D eigenvalue weighted by molar-refractivity contribution is 7.92. The van der Waals surface area contributed by atoms with Crippen LogP contribution in [0.2, 0.25) is 0 Å². The van der Waals surface area contributed by atoms with Crippen molar-refractivity contribution in [2.45, 2.75) is 24.2 Å². The van der Waals surface area contributed by atoms with E-state index in [1.807, 2.05) is 6.07 Å². The molecule has 0 radical (unpaired) electrons. The van der Waals surface area contributed by atoms with E-state index in [9.17, 15) is 8.42 Å². The quantitative estimate of drug-likeness (QED) is 0.942. The Morgan fingerprint density at radius 3 is 2.32 bits per heavy atom. The number of aromatic nitrogens is 1. The van der Waals surface area contributed by atoms with E-state index in [4.69, 9.17) is 0 Å². The zero-order valence-electron chi connectivity index (χ0n) is 12.3. The molecule has 116 valence electrons. The summed E-state index contributed by atoms with van der Waals surface area (Å²) >= 11 is 0. The molecule has 5 nitrogen and oxygen atoms in total. The Labute approximate surface area is 131 Å². The molecule has 0 unspecified atom stereocenters. The van der Waals surface area contributed by atoms with Crippen LogP contribution in [-0.2, 0) is 10.0 Å². The minimum atomic E-state index is -3.55. The molecule has 0 amide bonds. The molecule has 1 saturated heterocycles. The molecular formula is C16H19N3O2S. The summed E-state index contributed by atoms with van der Waals surface area (Å²) in [6, 6.07) is 12.0. The number of benzene rings is 1. The monoisotopic (exact) mass is 317 g/mol. The third-order valence-electron chi connectivity index (χ3n) is 3.73. The fraction of sp³-hybridized carbons (Fsp3) is 0.312. The topological polar surface area (TPSA) is 62.3 Å². The third-order valence-corrected chi connectivity index (χ3v) is 5.13. The normalized spacial score (nSPS) is 15.5. The Hall–Kier alpha value is -2.08. The summed E-state index contributed by atoms with van der Waals surface area (Å²) in [6.07, 6.45) is 5.21. The van der Waals surface area contributed by atoms with Gasteiger partial charge in [-0.05, 0) is 43.5 Å². The van der Waals surface area contributed by atoms with Gasteiger partial charge in [0.1, 0.15) is 5.82 Å². The van der Waals surface area contributed by atoms with Crippen LogP contribution in [0.5, 0.6) is 0 Å². The molecule has 1 fully saturated rings. The molecule has 1 aromatic carbocycles. The van der Waals surface area contributed by atoms with Gasteiger partial charge >= 0.3 is 0 Å². The molecule has 2 aromatic rings. The maximum Gasteiger partial charge on any atom is 0.261 e. The minimum Gasteiger partial charge on any atom is -0.357 e. The van der Waals surface area contributed by atoms with Crippen LogP contribution in [0.4, 0.5) is 11.5 Å². The zero-order chi connectivity index (χ0) is 15.4. The third kappa shape index (κ3) is 3.39. The first-order valence-electron chi connectivity index (χ1n) is 7.44. The molecule has 1 aliphatic heterocycles. The van der Waals surface area contributed by atoms with Crippen LogP contribution in [0.15, 0.2) is 53.6 Å². The molecule has 2 heterocycles. The van der Waals surface area contributed by atoms with Gasteiger partial charge in [-0.15, -0.1) is 0 Å². The number of hydrogen-bond donors (Lipinski definition) is 1. The van der Waals surface area contributed by atoms with Gasteiger partial charge in [0.15, 0.2) is 0 Å². The van der Waals surface area contributed by atoms with Crippen LogP contribution in [0, 0.1) is 0 Å². The second kappa shape index (κ2) is 6.36. The van der Waals surface area contributed by atoms with Gasteiger partial charge in [-0.1, -0.05) is 18.2 Å². The lowest BCUT2D eigenvalue weighted by Crippen LogP contribution is -2.30. The van der Waals surface area contributed by atoms with Crippen molar-refractivity contribution in [1.82, 2.24) is 4.98 Å². The van der Waals surface area contributed by atoms with E-state index >= 15 is 0 Å². The van der Waals surface area contributed by atoms with Gasteiger partial charge in [0.25, 0.3) is 10.0 Å². The van der Waals surface area contributed by atoms with Crippen molar-refractivity contribution in [3.8, 4) is 0 Å². The molecule has 3 rings (SSSR count). The highest BCUT2D eigenvalue weighted by atomic mass is 32.2. The minimum absolute atomic E-state index is 0.245. The Kier molecular flexibility index (Phi) is 4.29. The van der Waals surface area contributed by atoms with E-state index in [2.05, 4.69) is 14.6 Å². The summed E-state index contributed by atoms with van der Waals surface area (Å²) in [5.74, 6) is 0.905. The van der Waals surface area contributed by atoms with Crippen LogP contribution in [0.25, 0.3) is 0 Å². The van der Waals surface area contributed by atoms with Gasteiger partial charge in [-0.3, -0.25) is 4.72 Å². The number of nitrogens with zero attached hydrogens (tertiary/aromatic N) is 2. The van der Waals surface area contributed by atoms with Crippen LogP contribution in [-0.4, -0.2) is 26.5 Å². The summed E-state index contributed by atoms with van der Waals surface area (Å²) in [6.45, 7) is 2.03. The number of rotatable bonds is 4. The van der Waals surface area contributed by atoms with Gasteiger partial charge < -0.3 is 4.90 Å². The first kappa shape index (κ1) is 14.8. The van der Waals surface area contributed by atoms with Crippen LogP contribution in [0.3, 0.4) is 0 Å². The second-order valence-electron chi connectivity index (χ2n) is 5.37. The number of hydrogen-bond acceptors (Lipinski definition) is 4. The van der Waals surface area contributed by atoms with Gasteiger partial charge in [-0.2, -0.15) is 0 Å². The molecule has 0 spiro atoms. The van der Waals surface area contributed by atoms with Gasteiger partial charge in [0.05, 0.1) is 16.8 Å². The predicted molar refractivity (Wildman–Crippen MR) is 87.6 cm³/mol. The van der Waals surface area contributed by atoms with Crippen molar-refractivity contribution in [2.75, 3.05) is 22.7 Å². The van der Waals surface area contributed by atoms with Crippen LogP contribution < -0.4 is 9.62 Å². The molecule has 1 aromatic heterocycles. The number of nitrogens with one attached hydrogen (secondary N) is 1. The molecule has 0 bridgehead atoms. The molecule has 6 heteroatoms. The Bertz CT molecular complexity index is 709. The van der Waals surface area contributed by atoms with Gasteiger partial charge in [-0.25, -0.2) is 13.4 Å². The molecule has 22 heavy (non-hydrogen) atoms.